The Morgan fingerprint density at radius 2 is 1.86 bits per heavy atom. The van der Waals surface area contributed by atoms with E-state index in [0.29, 0.717) is 5.56 Å². The van der Waals surface area contributed by atoms with Crippen LogP contribution in [0.25, 0.3) is 11.1 Å². The van der Waals surface area contributed by atoms with Crippen LogP contribution in [0.5, 0.6) is 0 Å². The van der Waals surface area contributed by atoms with Crippen molar-refractivity contribution in [2.45, 2.75) is 36.9 Å². The molecule has 0 spiro atoms. The zero-order chi connectivity index (χ0) is 25.4. The number of carboxylic acid groups (broad SMARTS) is 1. The summed E-state index contributed by atoms with van der Waals surface area (Å²) in [6.07, 6.45) is -1.60. The second kappa shape index (κ2) is 9.43. The second-order valence-corrected chi connectivity index (χ2v) is 10.4. The summed E-state index contributed by atoms with van der Waals surface area (Å²) in [7, 11) is -4.60. The molecule has 3 aromatic rings. The Morgan fingerprint density at radius 1 is 1.11 bits per heavy atom. The molecule has 6 nitrogen and oxygen atoms in total. The number of carboxylic acids is 1. The second-order valence-electron chi connectivity index (χ2n) is 8.50. The molecule has 1 N–H and O–H groups in total. The number of sulfonamides is 1. The van der Waals surface area contributed by atoms with Gasteiger partial charge in [0.05, 0.1) is 22.4 Å². The number of alkyl halides is 3. The van der Waals surface area contributed by atoms with E-state index in [-0.39, 0.29) is 19.4 Å². The van der Waals surface area contributed by atoms with Gasteiger partial charge in [-0.25, -0.2) is 8.42 Å². The van der Waals surface area contributed by atoms with Crippen LogP contribution in [0.15, 0.2) is 71.9 Å². The normalized spacial score (nSPS) is 19.4. The Balaban J connectivity index is 1.82. The van der Waals surface area contributed by atoms with Crippen molar-refractivity contribution >= 4 is 16.0 Å². The lowest BCUT2D eigenvalue weighted by atomic mass is 9.87. The molecular formula is C25H23F3N2O4S. The number of aliphatic carboxylic acids is 1. The van der Waals surface area contributed by atoms with Crippen LogP contribution in [-0.4, -0.2) is 35.3 Å². The quantitative estimate of drug-likeness (QED) is 0.509. The molecule has 35 heavy (non-hydrogen) atoms. The molecule has 0 unspecified atom stereocenters. The molecule has 0 radical (unpaired) electrons. The summed E-state index contributed by atoms with van der Waals surface area (Å²) in [5.74, 6) is -1.89. The van der Waals surface area contributed by atoms with Crippen LogP contribution >= 0.6 is 0 Å². The minimum atomic E-state index is -4.86. The maximum absolute atomic E-state index is 13.6. The number of piperidine rings is 1. The highest BCUT2D eigenvalue weighted by atomic mass is 32.2. The smallest absolute Gasteiger partial charge is 0.417 e. The Hall–Kier alpha value is -3.24. The van der Waals surface area contributed by atoms with Crippen molar-refractivity contribution in [3.8, 4) is 11.1 Å². The first-order valence-corrected chi connectivity index (χ1v) is 12.4. The number of benzene rings is 2. The lowest BCUT2D eigenvalue weighted by Crippen LogP contribution is -2.43. The first-order valence-electron chi connectivity index (χ1n) is 10.9. The van der Waals surface area contributed by atoms with E-state index >= 15 is 0 Å². The zero-order valence-corrected chi connectivity index (χ0v) is 19.6. The number of rotatable bonds is 5. The molecule has 2 atom stereocenters. The highest BCUT2D eigenvalue weighted by molar-refractivity contribution is 7.89. The third-order valence-corrected chi connectivity index (χ3v) is 8.25. The lowest BCUT2D eigenvalue weighted by Gasteiger charge is -2.38. The maximum atomic E-state index is 13.6. The third-order valence-electron chi connectivity index (χ3n) is 6.28. The Kier molecular flexibility index (Phi) is 6.70. The molecular weight excluding hydrogens is 481 g/mol. The first kappa shape index (κ1) is 24.9. The lowest BCUT2D eigenvalue weighted by molar-refractivity contribution is -0.143. The van der Waals surface area contributed by atoms with Crippen LogP contribution in [0, 0.1) is 12.8 Å². The summed E-state index contributed by atoms with van der Waals surface area (Å²) in [4.78, 5) is 15.0. The molecule has 1 aliphatic rings. The first-order chi connectivity index (χ1) is 16.5. The molecule has 1 aromatic heterocycles. The van der Waals surface area contributed by atoms with E-state index in [2.05, 4.69) is 4.98 Å². The van der Waals surface area contributed by atoms with E-state index in [1.165, 1.54) is 6.07 Å². The van der Waals surface area contributed by atoms with Crippen molar-refractivity contribution in [2.24, 2.45) is 5.92 Å². The maximum Gasteiger partial charge on any atom is 0.417 e. The number of hydrogen-bond donors (Lipinski definition) is 1. The van der Waals surface area contributed by atoms with Crippen molar-refractivity contribution in [2.75, 3.05) is 6.54 Å². The molecule has 1 aliphatic heterocycles. The highest BCUT2D eigenvalue weighted by Gasteiger charge is 2.44. The molecule has 4 rings (SSSR count). The molecule has 0 saturated carbocycles. The standard InChI is InChI=1S/C25H23F3N2O4S/c1-16-15-29-11-9-20(16)17-5-4-6-18(13-17)22-14-19(24(31)32)10-12-30(22)35(33,34)23-8-3-2-7-21(23)25(26,27)28/h2-9,11,13,15,19,22H,10,12,14H2,1H3,(H,31,32)/t19-,22+/m1/s1. The number of aromatic nitrogens is 1. The number of pyridine rings is 1. The van der Waals surface area contributed by atoms with E-state index in [4.69, 9.17) is 0 Å². The van der Waals surface area contributed by atoms with Crippen molar-refractivity contribution in [3.05, 3.63) is 83.7 Å². The number of nitrogens with zero attached hydrogens (tertiary/aromatic N) is 2. The Morgan fingerprint density at radius 3 is 2.54 bits per heavy atom. The van der Waals surface area contributed by atoms with Gasteiger partial charge in [-0.2, -0.15) is 17.5 Å². The van der Waals surface area contributed by atoms with Crippen LogP contribution in [0.3, 0.4) is 0 Å². The van der Waals surface area contributed by atoms with E-state index < -0.39 is 44.6 Å². The largest absolute Gasteiger partial charge is 0.481 e. The van der Waals surface area contributed by atoms with E-state index in [9.17, 15) is 31.5 Å². The topological polar surface area (TPSA) is 87.6 Å². The molecule has 2 aromatic carbocycles. The Bertz CT molecular complexity index is 1360. The van der Waals surface area contributed by atoms with Gasteiger partial charge in [0.15, 0.2) is 0 Å². The average molecular weight is 505 g/mol. The molecule has 1 fully saturated rings. The van der Waals surface area contributed by atoms with Gasteiger partial charge in [0, 0.05) is 18.9 Å². The molecule has 2 heterocycles. The fraction of sp³-hybridized carbons (Fsp3) is 0.280. The van der Waals surface area contributed by atoms with Crippen molar-refractivity contribution < 1.29 is 31.5 Å². The van der Waals surface area contributed by atoms with Gasteiger partial charge >= 0.3 is 12.1 Å². The summed E-state index contributed by atoms with van der Waals surface area (Å²) < 4.78 is 69.1. The molecule has 0 aliphatic carbocycles. The van der Waals surface area contributed by atoms with Crippen molar-refractivity contribution in [3.63, 3.8) is 0 Å². The van der Waals surface area contributed by atoms with Crippen LogP contribution in [0.4, 0.5) is 13.2 Å². The summed E-state index contributed by atoms with van der Waals surface area (Å²) in [6.45, 7) is 1.66. The fourth-order valence-electron chi connectivity index (χ4n) is 4.52. The predicted octanol–water partition coefficient (Wildman–Crippen LogP) is 5.30. The van der Waals surface area contributed by atoms with Crippen LogP contribution in [-0.2, 0) is 21.0 Å². The highest BCUT2D eigenvalue weighted by Crippen LogP contribution is 2.42. The van der Waals surface area contributed by atoms with E-state index in [0.717, 1.165) is 39.2 Å². The van der Waals surface area contributed by atoms with Gasteiger partial charge in [0.25, 0.3) is 0 Å². The van der Waals surface area contributed by atoms with Crippen LogP contribution in [0.1, 0.15) is 35.6 Å². The van der Waals surface area contributed by atoms with Crippen molar-refractivity contribution in [1.82, 2.24) is 9.29 Å². The summed E-state index contributed by atoms with van der Waals surface area (Å²) in [5.41, 5.74) is 1.79. The number of hydrogen-bond acceptors (Lipinski definition) is 4. The molecule has 1 saturated heterocycles. The summed E-state index contributed by atoms with van der Waals surface area (Å²) >= 11 is 0. The third kappa shape index (κ3) is 4.94. The summed E-state index contributed by atoms with van der Waals surface area (Å²) in [5, 5.41) is 9.61. The molecule has 0 amide bonds. The number of aryl methyl sites for hydroxylation is 1. The predicted molar refractivity (Wildman–Crippen MR) is 123 cm³/mol. The van der Waals surface area contributed by atoms with E-state index in [1.54, 1.807) is 30.6 Å². The average Bonchev–Trinajstić information content (AvgIpc) is 2.83. The van der Waals surface area contributed by atoms with Gasteiger partial charge < -0.3 is 5.11 Å². The van der Waals surface area contributed by atoms with Gasteiger partial charge in [0.2, 0.25) is 10.0 Å². The van der Waals surface area contributed by atoms with Crippen LogP contribution < -0.4 is 0 Å². The molecule has 0 bridgehead atoms. The Labute approximate surface area is 201 Å². The number of halogens is 3. The van der Waals surface area contributed by atoms with Gasteiger partial charge in [-0.15, -0.1) is 0 Å². The van der Waals surface area contributed by atoms with Gasteiger partial charge in [-0.05, 0) is 66.3 Å². The number of carbonyl (C=O) groups is 1. The zero-order valence-electron chi connectivity index (χ0n) is 18.7. The molecule has 184 valence electrons. The fourth-order valence-corrected chi connectivity index (χ4v) is 6.37. The summed E-state index contributed by atoms with van der Waals surface area (Å²) in [6, 6.07) is 11.9. The SMILES string of the molecule is Cc1cnccc1-c1cccc([C@@H]2C[C@H](C(=O)O)CCN2S(=O)(=O)c2ccccc2C(F)(F)F)c1. The van der Waals surface area contributed by atoms with Crippen LogP contribution in [0.2, 0.25) is 0 Å². The minimum absolute atomic E-state index is 0.00238. The van der Waals surface area contributed by atoms with Crippen molar-refractivity contribution in [1.29, 1.82) is 0 Å². The molecule has 10 heteroatoms. The van der Waals surface area contributed by atoms with Gasteiger partial charge in [-0.3, -0.25) is 9.78 Å². The minimum Gasteiger partial charge on any atom is -0.481 e. The van der Waals surface area contributed by atoms with E-state index in [1.807, 2.05) is 19.1 Å². The monoisotopic (exact) mass is 504 g/mol. The van der Waals surface area contributed by atoms with Gasteiger partial charge in [-0.1, -0.05) is 30.3 Å². The van der Waals surface area contributed by atoms with Gasteiger partial charge in [0.1, 0.15) is 0 Å².